The van der Waals surface area contributed by atoms with E-state index >= 15 is 0 Å². The van der Waals surface area contributed by atoms with Crippen LogP contribution in [0.3, 0.4) is 0 Å². The van der Waals surface area contributed by atoms with Gasteiger partial charge in [-0.1, -0.05) is 28.1 Å². The van der Waals surface area contributed by atoms with Gasteiger partial charge in [0.15, 0.2) is 0 Å². The minimum absolute atomic E-state index is 0.138. The highest BCUT2D eigenvalue weighted by atomic mass is 79.9. The van der Waals surface area contributed by atoms with Crippen molar-refractivity contribution in [3.8, 4) is 5.75 Å². The first-order valence-electron chi connectivity index (χ1n) is 6.51. The molecule has 2 nitrogen and oxygen atoms in total. The van der Waals surface area contributed by atoms with E-state index in [9.17, 15) is 0 Å². The minimum atomic E-state index is 0.138. The molecule has 0 atom stereocenters. The van der Waals surface area contributed by atoms with E-state index in [-0.39, 0.29) is 5.54 Å². The average Bonchev–Trinajstić information content (AvgIpc) is 2.33. The number of hydrogen-bond donors (Lipinski definition) is 1. The highest BCUT2D eigenvalue weighted by Gasteiger charge is 2.07. The van der Waals surface area contributed by atoms with Crippen molar-refractivity contribution in [1.29, 1.82) is 0 Å². The van der Waals surface area contributed by atoms with Crippen molar-refractivity contribution in [2.75, 3.05) is 13.2 Å². The lowest BCUT2D eigenvalue weighted by atomic mass is 10.1. The van der Waals surface area contributed by atoms with Crippen LogP contribution in [0.2, 0.25) is 0 Å². The number of ether oxygens (including phenoxy) is 1. The Balaban J connectivity index is 1.96. The fourth-order valence-electron chi connectivity index (χ4n) is 1.88. The SMILES string of the molecule is CC(C)(C)NCCOc1ccc2cc(Br)ccc2c1. The van der Waals surface area contributed by atoms with Crippen molar-refractivity contribution in [3.63, 3.8) is 0 Å². The average molecular weight is 322 g/mol. The monoisotopic (exact) mass is 321 g/mol. The standard InChI is InChI=1S/C16H20BrNO/c1-16(2,3)18-8-9-19-15-7-5-12-10-14(17)6-4-13(12)11-15/h4-7,10-11,18H,8-9H2,1-3H3. The van der Waals surface area contributed by atoms with Crippen molar-refractivity contribution >= 4 is 26.7 Å². The third kappa shape index (κ3) is 4.51. The molecule has 2 rings (SSSR count). The molecule has 0 aliphatic heterocycles. The third-order valence-corrected chi connectivity index (χ3v) is 3.29. The summed E-state index contributed by atoms with van der Waals surface area (Å²) in [6, 6.07) is 12.4. The van der Waals surface area contributed by atoms with Crippen LogP contribution >= 0.6 is 15.9 Å². The maximum atomic E-state index is 5.77. The van der Waals surface area contributed by atoms with Gasteiger partial charge in [0.2, 0.25) is 0 Å². The second kappa shape index (κ2) is 5.93. The normalized spacial score (nSPS) is 11.8. The van der Waals surface area contributed by atoms with Crippen molar-refractivity contribution in [1.82, 2.24) is 5.32 Å². The first-order chi connectivity index (χ1) is 8.94. The summed E-state index contributed by atoms with van der Waals surface area (Å²) in [4.78, 5) is 0. The fraction of sp³-hybridized carbons (Fsp3) is 0.375. The van der Waals surface area contributed by atoms with E-state index in [1.807, 2.05) is 12.1 Å². The van der Waals surface area contributed by atoms with E-state index < -0.39 is 0 Å². The quantitative estimate of drug-likeness (QED) is 0.844. The van der Waals surface area contributed by atoms with Crippen molar-refractivity contribution in [3.05, 3.63) is 40.9 Å². The molecule has 0 saturated carbocycles. The molecule has 0 aliphatic rings. The lowest BCUT2D eigenvalue weighted by Gasteiger charge is -2.20. The van der Waals surface area contributed by atoms with Crippen molar-refractivity contribution < 1.29 is 4.74 Å². The zero-order chi connectivity index (χ0) is 13.9. The second-order valence-electron chi connectivity index (χ2n) is 5.68. The van der Waals surface area contributed by atoms with Gasteiger partial charge in [-0.05, 0) is 55.8 Å². The molecule has 0 spiro atoms. The van der Waals surface area contributed by atoms with Gasteiger partial charge < -0.3 is 10.1 Å². The molecular weight excluding hydrogens is 302 g/mol. The van der Waals surface area contributed by atoms with Crippen LogP contribution in [0.4, 0.5) is 0 Å². The largest absolute Gasteiger partial charge is 0.492 e. The molecule has 0 aliphatic carbocycles. The Kier molecular flexibility index (Phi) is 4.48. The molecule has 0 fully saturated rings. The summed E-state index contributed by atoms with van der Waals surface area (Å²) in [7, 11) is 0. The van der Waals surface area contributed by atoms with Gasteiger partial charge >= 0.3 is 0 Å². The maximum Gasteiger partial charge on any atom is 0.120 e. The van der Waals surface area contributed by atoms with Crippen LogP contribution in [0.15, 0.2) is 40.9 Å². The van der Waals surface area contributed by atoms with E-state index in [1.165, 1.54) is 10.8 Å². The second-order valence-corrected chi connectivity index (χ2v) is 6.59. The van der Waals surface area contributed by atoms with Crippen molar-refractivity contribution in [2.24, 2.45) is 0 Å². The van der Waals surface area contributed by atoms with Gasteiger partial charge in [-0.25, -0.2) is 0 Å². The third-order valence-electron chi connectivity index (χ3n) is 2.80. The summed E-state index contributed by atoms with van der Waals surface area (Å²) in [5.41, 5.74) is 0.138. The molecule has 0 heterocycles. The molecule has 0 radical (unpaired) electrons. The van der Waals surface area contributed by atoms with E-state index in [0.717, 1.165) is 16.8 Å². The lowest BCUT2D eigenvalue weighted by Crippen LogP contribution is -2.38. The number of halogens is 1. The summed E-state index contributed by atoms with van der Waals surface area (Å²) in [6.07, 6.45) is 0. The van der Waals surface area contributed by atoms with Crippen LogP contribution in [-0.4, -0.2) is 18.7 Å². The molecule has 0 saturated heterocycles. The molecule has 1 N–H and O–H groups in total. The van der Waals surface area contributed by atoms with Gasteiger partial charge in [0.05, 0.1) is 0 Å². The number of rotatable bonds is 4. The van der Waals surface area contributed by atoms with Crippen molar-refractivity contribution in [2.45, 2.75) is 26.3 Å². The van der Waals surface area contributed by atoms with Gasteiger partial charge in [0.1, 0.15) is 12.4 Å². The number of nitrogens with one attached hydrogen (secondary N) is 1. The molecule has 0 bridgehead atoms. The van der Waals surface area contributed by atoms with E-state index in [1.54, 1.807) is 0 Å². The Morgan fingerprint density at radius 3 is 2.47 bits per heavy atom. The highest BCUT2D eigenvalue weighted by Crippen LogP contribution is 2.24. The van der Waals surface area contributed by atoms with Crippen LogP contribution in [0.25, 0.3) is 10.8 Å². The van der Waals surface area contributed by atoms with E-state index in [0.29, 0.717) is 6.61 Å². The molecular formula is C16H20BrNO. The van der Waals surface area contributed by atoms with E-state index in [4.69, 9.17) is 4.74 Å². The highest BCUT2D eigenvalue weighted by molar-refractivity contribution is 9.10. The molecule has 2 aromatic carbocycles. The Morgan fingerprint density at radius 2 is 1.74 bits per heavy atom. The molecule has 0 aromatic heterocycles. The van der Waals surface area contributed by atoms with Gasteiger partial charge in [-0.2, -0.15) is 0 Å². The van der Waals surface area contributed by atoms with Gasteiger partial charge in [0.25, 0.3) is 0 Å². The van der Waals surface area contributed by atoms with Gasteiger partial charge in [0, 0.05) is 16.6 Å². The summed E-state index contributed by atoms with van der Waals surface area (Å²) < 4.78 is 6.87. The Hall–Kier alpha value is -1.06. The molecule has 102 valence electrons. The Labute approximate surface area is 123 Å². The molecule has 0 amide bonds. The van der Waals surface area contributed by atoms with Crippen LogP contribution in [0.1, 0.15) is 20.8 Å². The van der Waals surface area contributed by atoms with Crippen LogP contribution in [0.5, 0.6) is 5.75 Å². The van der Waals surface area contributed by atoms with Crippen LogP contribution < -0.4 is 10.1 Å². The first-order valence-corrected chi connectivity index (χ1v) is 7.30. The maximum absolute atomic E-state index is 5.77. The fourth-order valence-corrected chi connectivity index (χ4v) is 2.26. The Morgan fingerprint density at radius 1 is 1.05 bits per heavy atom. The van der Waals surface area contributed by atoms with Crippen LogP contribution in [0, 0.1) is 0 Å². The number of fused-ring (bicyclic) bond motifs is 1. The Bertz CT molecular complexity index is 560. The topological polar surface area (TPSA) is 21.3 Å². The molecule has 0 unspecified atom stereocenters. The number of hydrogen-bond acceptors (Lipinski definition) is 2. The molecule has 2 aromatic rings. The van der Waals surface area contributed by atoms with E-state index in [2.05, 4.69) is 66.3 Å². The van der Waals surface area contributed by atoms with Gasteiger partial charge in [-0.3, -0.25) is 0 Å². The summed E-state index contributed by atoms with van der Waals surface area (Å²) in [6.45, 7) is 7.99. The molecule has 3 heteroatoms. The zero-order valence-corrected chi connectivity index (χ0v) is 13.3. The molecule has 19 heavy (non-hydrogen) atoms. The minimum Gasteiger partial charge on any atom is -0.492 e. The summed E-state index contributed by atoms with van der Waals surface area (Å²) in [5.74, 6) is 0.922. The number of benzene rings is 2. The summed E-state index contributed by atoms with van der Waals surface area (Å²) in [5, 5.41) is 5.82. The smallest absolute Gasteiger partial charge is 0.120 e. The predicted molar refractivity (Wildman–Crippen MR) is 84.9 cm³/mol. The first kappa shape index (κ1) is 14.4. The van der Waals surface area contributed by atoms with Crippen LogP contribution in [-0.2, 0) is 0 Å². The lowest BCUT2D eigenvalue weighted by molar-refractivity contribution is 0.291. The predicted octanol–water partition coefficient (Wildman–Crippen LogP) is 4.37. The summed E-state index contributed by atoms with van der Waals surface area (Å²) >= 11 is 3.48. The van der Waals surface area contributed by atoms with Gasteiger partial charge in [-0.15, -0.1) is 0 Å². The zero-order valence-electron chi connectivity index (χ0n) is 11.7.